The minimum absolute atomic E-state index is 0.284. The van der Waals surface area contributed by atoms with E-state index in [1.807, 2.05) is 19.1 Å². The maximum absolute atomic E-state index is 14.6. The van der Waals surface area contributed by atoms with Crippen LogP contribution in [0.2, 0.25) is 0 Å². The zero-order valence-electron chi connectivity index (χ0n) is 16.5. The number of nitrogens with one attached hydrogen (secondary N) is 3. The molecule has 0 saturated heterocycles. The number of carbonyl (C=O) groups excluding carboxylic acids is 1. The molecule has 0 atom stereocenters. The third-order valence-electron chi connectivity index (χ3n) is 5.39. The molecule has 6 heteroatoms. The first-order valence-electron chi connectivity index (χ1n) is 9.99. The molecule has 0 radical (unpaired) electrons. The fraction of sp³-hybridized carbons (Fsp3) is 0.304. The topological polar surface area (TPSA) is 66.0 Å². The summed E-state index contributed by atoms with van der Waals surface area (Å²) in [6.07, 6.45) is 7.69. The molecule has 0 saturated carbocycles. The van der Waals surface area contributed by atoms with Crippen LogP contribution in [0.1, 0.15) is 39.9 Å². The molecular weight excluding hydrogens is 367 g/mol. The Balaban J connectivity index is 1.50. The third-order valence-corrected chi connectivity index (χ3v) is 5.39. The van der Waals surface area contributed by atoms with Crippen LogP contribution in [0.5, 0.6) is 0 Å². The first-order valence-corrected chi connectivity index (χ1v) is 9.99. The number of benzene rings is 1. The quantitative estimate of drug-likeness (QED) is 0.745. The molecule has 1 aromatic heterocycles. The second-order valence-corrected chi connectivity index (χ2v) is 7.41. The Morgan fingerprint density at radius 1 is 1.07 bits per heavy atom. The summed E-state index contributed by atoms with van der Waals surface area (Å²) in [5, 5.41) is 9.32. The number of rotatable bonds is 4. The van der Waals surface area contributed by atoms with Gasteiger partial charge in [0.15, 0.2) is 0 Å². The maximum atomic E-state index is 14.6. The minimum atomic E-state index is -0.372. The average Bonchev–Trinajstić information content (AvgIpc) is 2.76. The van der Waals surface area contributed by atoms with E-state index in [0.717, 1.165) is 55.7 Å². The number of aryl methyl sites for hydroxylation is 1. The van der Waals surface area contributed by atoms with Gasteiger partial charge in [-0.25, -0.2) is 9.37 Å². The number of nitrogens with zero attached hydrogens (tertiary/aromatic N) is 1. The van der Waals surface area contributed by atoms with Crippen LogP contribution in [-0.4, -0.2) is 37.1 Å². The largest absolute Gasteiger partial charge is 0.313 e. The van der Waals surface area contributed by atoms with Crippen molar-refractivity contribution in [3.05, 3.63) is 70.7 Å². The molecule has 1 amide bonds. The molecule has 4 rings (SSSR count). The van der Waals surface area contributed by atoms with Crippen LogP contribution in [0.25, 0.3) is 11.1 Å². The summed E-state index contributed by atoms with van der Waals surface area (Å²) in [5.41, 5.74) is 5.06. The maximum Gasteiger partial charge on any atom is 0.256 e. The monoisotopic (exact) mass is 392 g/mol. The summed E-state index contributed by atoms with van der Waals surface area (Å²) >= 11 is 0. The van der Waals surface area contributed by atoms with Gasteiger partial charge in [-0.2, -0.15) is 0 Å². The molecule has 2 aromatic rings. The van der Waals surface area contributed by atoms with E-state index in [1.54, 1.807) is 18.3 Å². The average molecular weight is 392 g/mol. The predicted octanol–water partition coefficient (Wildman–Crippen LogP) is 3.53. The van der Waals surface area contributed by atoms with Crippen molar-refractivity contribution in [2.75, 3.05) is 31.5 Å². The number of pyridine rings is 1. The fourth-order valence-electron chi connectivity index (χ4n) is 3.73. The van der Waals surface area contributed by atoms with E-state index in [0.29, 0.717) is 11.4 Å². The van der Waals surface area contributed by atoms with E-state index in [4.69, 9.17) is 0 Å². The van der Waals surface area contributed by atoms with E-state index < -0.39 is 0 Å². The zero-order valence-corrected chi connectivity index (χ0v) is 16.5. The molecule has 2 aliphatic rings. The van der Waals surface area contributed by atoms with Crippen molar-refractivity contribution in [1.29, 1.82) is 0 Å². The van der Waals surface area contributed by atoms with Gasteiger partial charge in [-0.15, -0.1) is 0 Å². The first-order chi connectivity index (χ1) is 14.1. The van der Waals surface area contributed by atoms with Gasteiger partial charge in [0.1, 0.15) is 11.6 Å². The van der Waals surface area contributed by atoms with Crippen LogP contribution in [0.15, 0.2) is 42.6 Å². The molecule has 0 aliphatic carbocycles. The van der Waals surface area contributed by atoms with Crippen molar-refractivity contribution in [1.82, 2.24) is 15.6 Å². The Bertz CT molecular complexity index is 996. The highest BCUT2D eigenvalue weighted by Gasteiger charge is 2.15. The van der Waals surface area contributed by atoms with Crippen LogP contribution in [-0.2, 0) is 0 Å². The molecule has 0 fully saturated rings. The van der Waals surface area contributed by atoms with Gasteiger partial charge in [-0.3, -0.25) is 4.79 Å². The van der Waals surface area contributed by atoms with Crippen molar-refractivity contribution >= 4 is 22.9 Å². The highest BCUT2D eigenvalue weighted by molar-refractivity contribution is 6.04. The molecule has 1 aromatic carbocycles. The van der Waals surface area contributed by atoms with Gasteiger partial charge >= 0.3 is 0 Å². The zero-order chi connectivity index (χ0) is 20.2. The number of halogens is 1. The summed E-state index contributed by atoms with van der Waals surface area (Å²) in [6.45, 7) is 5.31. The molecule has 3 heterocycles. The van der Waals surface area contributed by atoms with Gasteiger partial charge in [0.25, 0.3) is 5.91 Å². The molecule has 0 spiro atoms. The van der Waals surface area contributed by atoms with Crippen molar-refractivity contribution in [2.45, 2.75) is 19.8 Å². The van der Waals surface area contributed by atoms with E-state index in [1.165, 1.54) is 11.6 Å². The van der Waals surface area contributed by atoms with Gasteiger partial charge in [0.05, 0.1) is 0 Å². The summed E-state index contributed by atoms with van der Waals surface area (Å²) in [6, 6.07) is 6.69. The molecule has 0 bridgehead atoms. The van der Waals surface area contributed by atoms with Gasteiger partial charge in [0, 0.05) is 30.4 Å². The van der Waals surface area contributed by atoms with Crippen molar-refractivity contribution in [3.8, 4) is 0 Å². The second-order valence-electron chi connectivity index (χ2n) is 7.41. The third kappa shape index (κ3) is 4.44. The fourth-order valence-corrected chi connectivity index (χ4v) is 3.73. The standard InChI is InChI=1S/C23H25FN4O/c1-15-12-19(16-4-8-25-9-5-16)14-27-22(15)28-23(29)18-2-3-20(21(24)13-18)17-6-10-26-11-7-17/h2-4,6,12-14,25-26H,5,7-11H2,1H3,(H,27,28,29). The number of anilines is 1. The van der Waals surface area contributed by atoms with Crippen molar-refractivity contribution in [3.63, 3.8) is 0 Å². The lowest BCUT2D eigenvalue weighted by atomic mass is 9.98. The Labute approximate surface area is 170 Å². The summed E-state index contributed by atoms with van der Waals surface area (Å²) in [5.74, 6) is -0.235. The van der Waals surface area contributed by atoms with Crippen molar-refractivity contribution in [2.24, 2.45) is 0 Å². The lowest BCUT2D eigenvalue weighted by molar-refractivity contribution is 0.102. The number of aromatic nitrogens is 1. The van der Waals surface area contributed by atoms with Gasteiger partial charge in [-0.1, -0.05) is 18.2 Å². The number of amides is 1. The van der Waals surface area contributed by atoms with Gasteiger partial charge in [0.2, 0.25) is 0 Å². The summed E-state index contributed by atoms with van der Waals surface area (Å²) in [7, 11) is 0. The molecule has 29 heavy (non-hydrogen) atoms. The van der Waals surface area contributed by atoms with Gasteiger partial charge < -0.3 is 16.0 Å². The molecule has 2 aliphatic heterocycles. The Hall–Kier alpha value is -2.83. The second kappa shape index (κ2) is 8.68. The molecule has 0 unspecified atom stereocenters. The lowest BCUT2D eigenvalue weighted by Gasteiger charge is -2.16. The Morgan fingerprint density at radius 2 is 1.79 bits per heavy atom. The lowest BCUT2D eigenvalue weighted by Crippen LogP contribution is -2.20. The molecule has 5 nitrogen and oxygen atoms in total. The van der Waals surface area contributed by atoms with Gasteiger partial charge in [-0.05, 0) is 73.3 Å². The van der Waals surface area contributed by atoms with Crippen LogP contribution >= 0.6 is 0 Å². The predicted molar refractivity (Wildman–Crippen MR) is 114 cm³/mol. The normalized spacial score (nSPS) is 16.8. The number of hydrogen-bond donors (Lipinski definition) is 3. The van der Waals surface area contributed by atoms with Crippen LogP contribution in [0, 0.1) is 12.7 Å². The van der Waals surface area contributed by atoms with Crippen molar-refractivity contribution < 1.29 is 9.18 Å². The molecule has 3 N–H and O–H groups in total. The van der Waals surface area contributed by atoms with E-state index in [2.05, 4.69) is 27.0 Å². The minimum Gasteiger partial charge on any atom is -0.313 e. The van der Waals surface area contributed by atoms with Crippen LogP contribution in [0.4, 0.5) is 10.2 Å². The SMILES string of the molecule is Cc1cc(C2=CCNCC2)cnc1NC(=O)c1ccc(C2=CCNCC2)c(F)c1. The van der Waals surface area contributed by atoms with Crippen LogP contribution in [0.3, 0.4) is 0 Å². The number of hydrogen-bond acceptors (Lipinski definition) is 4. The summed E-state index contributed by atoms with van der Waals surface area (Å²) < 4.78 is 14.6. The van der Waals surface area contributed by atoms with E-state index >= 15 is 0 Å². The Kier molecular flexibility index (Phi) is 5.83. The first kappa shape index (κ1) is 19.5. The highest BCUT2D eigenvalue weighted by atomic mass is 19.1. The van der Waals surface area contributed by atoms with Crippen LogP contribution < -0.4 is 16.0 Å². The smallest absolute Gasteiger partial charge is 0.256 e. The number of carbonyl (C=O) groups is 1. The highest BCUT2D eigenvalue weighted by Crippen LogP contribution is 2.25. The molecular formula is C23H25FN4O. The van der Waals surface area contributed by atoms with E-state index in [9.17, 15) is 9.18 Å². The van der Waals surface area contributed by atoms with E-state index in [-0.39, 0.29) is 17.3 Å². The molecule has 150 valence electrons. The summed E-state index contributed by atoms with van der Waals surface area (Å²) in [4.78, 5) is 17.1. The Morgan fingerprint density at radius 3 is 2.41 bits per heavy atom.